The van der Waals surface area contributed by atoms with E-state index in [0.29, 0.717) is 6.04 Å². The number of hydrogen-bond donors (Lipinski definition) is 0. The molecule has 0 aliphatic carbocycles. The van der Waals surface area contributed by atoms with Gasteiger partial charge in [0.05, 0.1) is 12.8 Å². The van der Waals surface area contributed by atoms with E-state index >= 15 is 0 Å². The second-order valence-electron chi connectivity index (χ2n) is 4.95. The van der Waals surface area contributed by atoms with Gasteiger partial charge in [-0.05, 0) is 25.5 Å². The highest BCUT2D eigenvalue weighted by atomic mass is 16.5. The Morgan fingerprint density at radius 3 is 2.44 bits per heavy atom. The number of benzene rings is 1. The van der Waals surface area contributed by atoms with E-state index in [9.17, 15) is 0 Å². The molecule has 1 fully saturated rings. The summed E-state index contributed by atoms with van der Waals surface area (Å²) in [5.74, 6) is 0.981. The van der Waals surface area contributed by atoms with Crippen molar-refractivity contribution >= 4 is 5.69 Å². The van der Waals surface area contributed by atoms with Crippen molar-refractivity contribution < 1.29 is 4.74 Å². The molecular formula is C15H24N2O. The molecule has 3 heteroatoms. The summed E-state index contributed by atoms with van der Waals surface area (Å²) in [7, 11) is 1.74. The smallest absolute Gasteiger partial charge is 0.142 e. The molecule has 0 saturated carbocycles. The lowest BCUT2D eigenvalue weighted by Gasteiger charge is -2.39. The number of ether oxygens (including phenoxy) is 1. The van der Waals surface area contributed by atoms with Crippen LogP contribution in [0.1, 0.15) is 20.3 Å². The molecule has 0 N–H and O–H groups in total. The van der Waals surface area contributed by atoms with E-state index in [4.69, 9.17) is 4.74 Å². The zero-order valence-electron chi connectivity index (χ0n) is 11.7. The summed E-state index contributed by atoms with van der Waals surface area (Å²) in [6, 6.07) is 9.00. The van der Waals surface area contributed by atoms with Crippen molar-refractivity contribution in [3.8, 4) is 5.75 Å². The molecule has 0 aromatic heterocycles. The van der Waals surface area contributed by atoms with E-state index in [0.717, 1.165) is 31.9 Å². The number of anilines is 1. The van der Waals surface area contributed by atoms with Crippen molar-refractivity contribution in [2.45, 2.75) is 26.3 Å². The average Bonchev–Trinajstić information content (AvgIpc) is 2.46. The van der Waals surface area contributed by atoms with Crippen LogP contribution in [0.3, 0.4) is 0 Å². The van der Waals surface area contributed by atoms with Gasteiger partial charge in [0, 0.05) is 32.2 Å². The zero-order valence-corrected chi connectivity index (χ0v) is 11.7. The number of piperazine rings is 1. The van der Waals surface area contributed by atoms with Gasteiger partial charge in [0.25, 0.3) is 0 Å². The fourth-order valence-electron chi connectivity index (χ4n) is 2.55. The van der Waals surface area contributed by atoms with Gasteiger partial charge in [0.1, 0.15) is 5.75 Å². The molecule has 1 saturated heterocycles. The summed E-state index contributed by atoms with van der Waals surface area (Å²) >= 11 is 0. The molecular weight excluding hydrogens is 224 g/mol. The normalized spacial score (nSPS) is 18.7. The molecule has 1 atom stereocenters. The Labute approximate surface area is 110 Å². The fraction of sp³-hybridized carbons (Fsp3) is 0.600. The van der Waals surface area contributed by atoms with Crippen molar-refractivity contribution in [1.29, 1.82) is 0 Å². The van der Waals surface area contributed by atoms with Crippen molar-refractivity contribution in [3.05, 3.63) is 24.3 Å². The molecule has 0 radical (unpaired) electrons. The molecule has 1 aliphatic rings. The highest BCUT2D eigenvalue weighted by Crippen LogP contribution is 2.28. The number of hydrogen-bond acceptors (Lipinski definition) is 3. The third-order valence-corrected chi connectivity index (χ3v) is 3.95. The molecule has 1 aromatic rings. The highest BCUT2D eigenvalue weighted by Gasteiger charge is 2.21. The minimum absolute atomic E-state index is 0.699. The van der Waals surface area contributed by atoms with Crippen LogP contribution in [-0.2, 0) is 0 Å². The number of rotatable bonds is 4. The molecule has 0 spiro atoms. The third-order valence-electron chi connectivity index (χ3n) is 3.95. The predicted octanol–water partition coefficient (Wildman–Crippen LogP) is 2.62. The lowest BCUT2D eigenvalue weighted by Crippen LogP contribution is -2.49. The molecule has 0 unspecified atom stereocenters. The fourth-order valence-corrected chi connectivity index (χ4v) is 2.55. The first-order valence-corrected chi connectivity index (χ1v) is 6.88. The summed E-state index contributed by atoms with van der Waals surface area (Å²) in [5, 5.41) is 0. The Bertz CT molecular complexity index is 373. The van der Waals surface area contributed by atoms with Gasteiger partial charge in [0.2, 0.25) is 0 Å². The van der Waals surface area contributed by atoms with E-state index in [1.165, 1.54) is 12.1 Å². The summed E-state index contributed by atoms with van der Waals surface area (Å²) in [5.41, 5.74) is 1.23. The van der Waals surface area contributed by atoms with Crippen molar-refractivity contribution in [1.82, 2.24) is 4.90 Å². The SMILES string of the molecule is CC[C@@H](C)N1CCN(c2ccccc2OC)CC1. The molecule has 0 amide bonds. The van der Waals surface area contributed by atoms with Gasteiger partial charge >= 0.3 is 0 Å². The van der Waals surface area contributed by atoms with E-state index < -0.39 is 0 Å². The highest BCUT2D eigenvalue weighted by molar-refractivity contribution is 5.58. The second kappa shape index (κ2) is 6.10. The van der Waals surface area contributed by atoms with Crippen LogP contribution in [0.5, 0.6) is 5.75 Å². The average molecular weight is 248 g/mol. The summed E-state index contributed by atoms with van der Waals surface area (Å²) in [6.07, 6.45) is 1.23. The zero-order chi connectivity index (χ0) is 13.0. The Morgan fingerprint density at radius 1 is 1.17 bits per heavy atom. The molecule has 1 heterocycles. The maximum absolute atomic E-state index is 5.44. The predicted molar refractivity (Wildman–Crippen MR) is 76.5 cm³/mol. The molecule has 100 valence electrons. The van der Waals surface area contributed by atoms with Crippen LogP contribution >= 0.6 is 0 Å². The van der Waals surface area contributed by atoms with Gasteiger partial charge in [-0.1, -0.05) is 19.1 Å². The molecule has 2 rings (SSSR count). The lowest BCUT2D eigenvalue weighted by atomic mass is 10.1. The standard InChI is InChI=1S/C15H24N2O/c1-4-13(2)16-9-11-17(12-10-16)14-7-5-6-8-15(14)18-3/h5-8,13H,4,9-12H2,1-3H3/t13-/m1/s1. The van der Waals surface area contributed by atoms with Crippen molar-refractivity contribution in [3.63, 3.8) is 0 Å². The van der Waals surface area contributed by atoms with Crippen molar-refractivity contribution in [2.24, 2.45) is 0 Å². The van der Waals surface area contributed by atoms with Crippen LogP contribution in [0.25, 0.3) is 0 Å². The first-order valence-electron chi connectivity index (χ1n) is 6.88. The molecule has 3 nitrogen and oxygen atoms in total. The topological polar surface area (TPSA) is 15.7 Å². The molecule has 18 heavy (non-hydrogen) atoms. The maximum Gasteiger partial charge on any atom is 0.142 e. The van der Waals surface area contributed by atoms with E-state index in [1.54, 1.807) is 7.11 Å². The monoisotopic (exact) mass is 248 g/mol. The first-order chi connectivity index (χ1) is 8.76. The van der Waals surface area contributed by atoms with Crippen LogP contribution in [-0.4, -0.2) is 44.2 Å². The Kier molecular flexibility index (Phi) is 4.48. The number of methoxy groups -OCH3 is 1. The number of nitrogens with zero attached hydrogens (tertiary/aromatic N) is 2. The second-order valence-corrected chi connectivity index (χ2v) is 4.95. The summed E-state index contributed by atoms with van der Waals surface area (Å²) in [4.78, 5) is 5.00. The summed E-state index contributed by atoms with van der Waals surface area (Å²) in [6.45, 7) is 9.05. The van der Waals surface area contributed by atoms with Crippen LogP contribution in [0.15, 0.2) is 24.3 Å². The molecule has 0 bridgehead atoms. The van der Waals surface area contributed by atoms with Gasteiger partial charge in [0.15, 0.2) is 0 Å². The lowest BCUT2D eigenvalue weighted by molar-refractivity contribution is 0.192. The van der Waals surface area contributed by atoms with Crippen LogP contribution in [0.4, 0.5) is 5.69 Å². The molecule has 1 aliphatic heterocycles. The quantitative estimate of drug-likeness (QED) is 0.814. The Hall–Kier alpha value is -1.22. The van der Waals surface area contributed by atoms with Gasteiger partial charge < -0.3 is 9.64 Å². The summed E-state index contributed by atoms with van der Waals surface area (Å²) < 4.78 is 5.44. The molecule has 1 aromatic carbocycles. The number of para-hydroxylation sites is 2. The van der Waals surface area contributed by atoms with E-state index in [2.05, 4.69) is 35.8 Å². The van der Waals surface area contributed by atoms with Gasteiger partial charge in [-0.3, -0.25) is 4.90 Å². The third kappa shape index (κ3) is 2.78. The van der Waals surface area contributed by atoms with E-state index in [1.807, 2.05) is 12.1 Å². The van der Waals surface area contributed by atoms with E-state index in [-0.39, 0.29) is 0 Å². The Balaban J connectivity index is 2.01. The maximum atomic E-state index is 5.44. The Morgan fingerprint density at radius 2 is 1.83 bits per heavy atom. The minimum Gasteiger partial charge on any atom is -0.495 e. The first kappa shape index (κ1) is 13.2. The van der Waals surface area contributed by atoms with Crippen LogP contribution in [0, 0.1) is 0 Å². The van der Waals surface area contributed by atoms with Crippen molar-refractivity contribution in [2.75, 3.05) is 38.2 Å². The van der Waals surface area contributed by atoms with Gasteiger partial charge in [-0.25, -0.2) is 0 Å². The van der Waals surface area contributed by atoms with Crippen LogP contribution < -0.4 is 9.64 Å². The minimum atomic E-state index is 0.699. The van der Waals surface area contributed by atoms with Gasteiger partial charge in [-0.15, -0.1) is 0 Å². The van der Waals surface area contributed by atoms with Crippen LogP contribution in [0.2, 0.25) is 0 Å². The van der Waals surface area contributed by atoms with Gasteiger partial charge in [-0.2, -0.15) is 0 Å². The largest absolute Gasteiger partial charge is 0.495 e.